The third-order valence-electron chi connectivity index (χ3n) is 3.37. The smallest absolute Gasteiger partial charge is 0.248 e. The highest BCUT2D eigenvalue weighted by atomic mass is 32.2. The van der Waals surface area contributed by atoms with Gasteiger partial charge in [0.25, 0.3) is 0 Å². The number of anilines is 1. The summed E-state index contributed by atoms with van der Waals surface area (Å²) >= 11 is 0. The van der Waals surface area contributed by atoms with Crippen molar-refractivity contribution in [3.8, 4) is 0 Å². The average Bonchev–Trinajstić information content (AvgIpc) is 2.25. The molecule has 0 heterocycles. The Morgan fingerprint density at radius 3 is 2.58 bits per heavy atom. The zero-order valence-electron chi connectivity index (χ0n) is 10.4. The lowest BCUT2D eigenvalue weighted by atomic mass is 9.93. The quantitative estimate of drug-likeness (QED) is 0.790. The van der Waals surface area contributed by atoms with Crippen LogP contribution in [0.2, 0.25) is 0 Å². The van der Waals surface area contributed by atoms with Gasteiger partial charge in [0, 0.05) is 12.6 Å². The van der Waals surface area contributed by atoms with Crippen molar-refractivity contribution in [3.63, 3.8) is 0 Å². The van der Waals surface area contributed by atoms with E-state index in [-0.39, 0.29) is 24.9 Å². The van der Waals surface area contributed by atoms with Gasteiger partial charge in [-0.25, -0.2) is 12.8 Å². The number of benzene rings is 1. The number of halogens is 1. The number of nitrogens with two attached hydrogens (primary N) is 1. The monoisotopic (exact) mass is 288 g/mol. The molecule has 1 aromatic carbocycles. The Hall–Kier alpha value is -1.18. The maximum absolute atomic E-state index is 13.8. The first-order valence-electron chi connectivity index (χ1n) is 6.15. The van der Waals surface area contributed by atoms with Gasteiger partial charge in [-0.3, -0.25) is 0 Å². The number of rotatable bonds is 5. The molecule has 0 bridgehead atoms. The summed E-state index contributed by atoms with van der Waals surface area (Å²) in [6.45, 7) is -0.342. The second-order valence-corrected chi connectivity index (χ2v) is 6.41. The van der Waals surface area contributed by atoms with Gasteiger partial charge < -0.3 is 10.8 Å². The Kier molecular flexibility index (Phi) is 4.07. The van der Waals surface area contributed by atoms with E-state index in [1.54, 1.807) is 0 Å². The van der Waals surface area contributed by atoms with Crippen molar-refractivity contribution in [2.45, 2.75) is 30.2 Å². The van der Waals surface area contributed by atoms with Gasteiger partial charge in [-0.1, -0.05) is 12.5 Å². The fourth-order valence-corrected chi connectivity index (χ4v) is 4.03. The molecule has 0 unspecified atom stereocenters. The van der Waals surface area contributed by atoms with Crippen LogP contribution in [0.25, 0.3) is 0 Å². The Morgan fingerprint density at radius 1 is 1.42 bits per heavy atom. The molecule has 106 valence electrons. The van der Waals surface area contributed by atoms with Crippen LogP contribution in [-0.2, 0) is 10.0 Å². The second kappa shape index (κ2) is 5.44. The molecule has 0 radical (unpaired) electrons. The van der Waals surface area contributed by atoms with E-state index in [2.05, 4.69) is 0 Å². The van der Waals surface area contributed by atoms with Gasteiger partial charge in [0.2, 0.25) is 10.0 Å². The van der Waals surface area contributed by atoms with Gasteiger partial charge in [0.1, 0.15) is 10.7 Å². The Morgan fingerprint density at radius 2 is 2.11 bits per heavy atom. The summed E-state index contributed by atoms with van der Waals surface area (Å²) in [7, 11) is -4.01. The summed E-state index contributed by atoms with van der Waals surface area (Å²) in [6.07, 6.45) is 2.40. The second-order valence-electron chi connectivity index (χ2n) is 4.58. The lowest BCUT2D eigenvalue weighted by molar-refractivity contribution is 0.178. The molecule has 0 amide bonds. The molecule has 2 rings (SSSR count). The van der Waals surface area contributed by atoms with Crippen molar-refractivity contribution in [1.82, 2.24) is 4.31 Å². The zero-order chi connectivity index (χ0) is 14.0. The Labute approximate surface area is 111 Å². The van der Waals surface area contributed by atoms with E-state index in [1.165, 1.54) is 12.1 Å². The summed E-state index contributed by atoms with van der Waals surface area (Å²) in [5.74, 6) is -0.859. The summed E-state index contributed by atoms with van der Waals surface area (Å²) in [5, 5.41) is 9.02. The third-order valence-corrected chi connectivity index (χ3v) is 5.41. The minimum atomic E-state index is -4.01. The lowest BCUT2D eigenvalue weighted by Crippen LogP contribution is -2.45. The van der Waals surface area contributed by atoms with Crippen LogP contribution in [0.15, 0.2) is 23.1 Å². The minimum Gasteiger partial charge on any atom is -0.398 e. The minimum absolute atomic E-state index is 0.0409. The first kappa shape index (κ1) is 14.2. The number of hydrogen-bond donors (Lipinski definition) is 2. The molecule has 3 N–H and O–H groups in total. The standard InChI is InChI=1S/C12H17FN2O3S/c13-10-5-2-6-11(14)12(10)19(17,18)15(7-8-16)9-3-1-4-9/h2,5-6,9,16H,1,3-4,7-8,14H2. The highest BCUT2D eigenvalue weighted by Crippen LogP contribution is 2.32. The first-order valence-corrected chi connectivity index (χ1v) is 7.59. The maximum Gasteiger partial charge on any atom is 0.248 e. The van der Waals surface area contributed by atoms with Gasteiger partial charge in [0.05, 0.1) is 12.3 Å². The van der Waals surface area contributed by atoms with Crippen LogP contribution in [-0.4, -0.2) is 37.0 Å². The zero-order valence-corrected chi connectivity index (χ0v) is 11.2. The largest absolute Gasteiger partial charge is 0.398 e. The van der Waals surface area contributed by atoms with E-state index >= 15 is 0 Å². The van der Waals surface area contributed by atoms with Crippen molar-refractivity contribution < 1.29 is 17.9 Å². The normalized spacial score (nSPS) is 16.6. The van der Waals surface area contributed by atoms with Gasteiger partial charge in [-0.05, 0) is 25.0 Å². The molecule has 1 fully saturated rings. The topological polar surface area (TPSA) is 83.6 Å². The molecule has 7 heteroatoms. The average molecular weight is 288 g/mol. The van der Waals surface area contributed by atoms with Gasteiger partial charge in [-0.15, -0.1) is 0 Å². The molecule has 19 heavy (non-hydrogen) atoms. The molecule has 1 aliphatic rings. The van der Waals surface area contributed by atoms with Gasteiger partial charge in [0.15, 0.2) is 0 Å². The SMILES string of the molecule is Nc1cccc(F)c1S(=O)(=O)N(CCO)C1CCC1. The fourth-order valence-electron chi connectivity index (χ4n) is 2.19. The molecule has 0 saturated heterocycles. The summed E-state index contributed by atoms with van der Waals surface area (Å²) in [5.41, 5.74) is 5.48. The molecule has 0 aliphatic heterocycles. The predicted molar refractivity (Wildman–Crippen MR) is 69.4 cm³/mol. The molecule has 1 aromatic rings. The van der Waals surface area contributed by atoms with Crippen LogP contribution in [0.3, 0.4) is 0 Å². The third kappa shape index (κ3) is 2.58. The molecule has 1 aliphatic carbocycles. The van der Waals surface area contributed by atoms with Crippen molar-refractivity contribution in [2.24, 2.45) is 0 Å². The van der Waals surface area contributed by atoms with Crippen LogP contribution >= 0.6 is 0 Å². The van der Waals surface area contributed by atoms with E-state index < -0.39 is 20.7 Å². The van der Waals surface area contributed by atoms with Crippen LogP contribution in [0.4, 0.5) is 10.1 Å². The first-order chi connectivity index (χ1) is 8.98. The maximum atomic E-state index is 13.8. The summed E-state index contributed by atoms with van der Waals surface area (Å²) < 4.78 is 39.9. The number of aliphatic hydroxyl groups is 1. The van der Waals surface area contributed by atoms with Crippen LogP contribution in [0, 0.1) is 5.82 Å². The fraction of sp³-hybridized carbons (Fsp3) is 0.500. The molecule has 0 aromatic heterocycles. The summed E-state index contributed by atoms with van der Waals surface area (Å²) in [4.78, 5) is -0.490. The van der Waals surface area contributed by atoms with E-state index in [0.717, 1.165) is 29.6 Å². The Balaban J connectivity index is 2.44. The number of aliphatic hydroxyl groups excluding tert-OH is 1. The number of nitrogen functional groups attached to an aromatic ring is 1. The molecule has 1 saturated carbocycles. The van der Waals surface area contributed by atoms with Crippen LogP contribution in [0.1, 0.15) is 19.3 Å². The molecule has 5 nitrogen and oxygen atoms in total. The van der Waals surface area contributed by atoms with Crippen molar-refractivity contribution >= 4 is 15.7 Å². The van der Waals surface area contributed by atoms with E-state index in [9.17, 15) is 12.8 Å². The van der Waals surface area contributed by atoms with Crippen molar-refractivity contribution in [1.29, 1.82) is 0 Å². The molecular weight excluding hydrogens is 271 g/mol. The van der Waals surface area contributed by atoms with E-state index in [1.807, 2.05) is 0 Å². The van der Waals surface area contributed by atoms with Gasteiger partial charge in [-0.2, -0.15) is 4.31 Å². The summed E-state index contributed by atoms with van der Waals surface area (Å²) in [6, 6.07) is 3.62. The highest BCUT2D eigenvalue weighted by molar-refractivity contribution is 7.89. The molecular formula is C12H17FN2O3S. The van der Waals surface area contributed by atoms with Crippen molar-refractivity contribution in [3.05, 3.63) is 24.0 Å². The number of nitrogens with zero attached hydrogens (tertiary/aromatic N) is 1. The lowest BCUT2D eigenvalue weighted by Gasteiger charge is -2.36. The number of hydrogen-bond acceptors (Lipinski definition) is 4. The van der Waals surface area contributed by atoms with Crippen molar-refractivity contribution in [2.75, 3.05) is 18.9 Å². The molecule has 0 spiro atoms. The van der Waals surface area contributed by atoms with Crippen LogP contribution in [0.5, 0.6) is 0 Å². The highest BCUT2D eigenvalue weighted by Gasteiger charge is 2.36. The van der Waals surface area contributed by atoms with E-state index in [4.69, 9.17) is 10.8 Å². The number of sulfonamides is 1. The van der Waals surface area contributed by atoms with E-state index in [0.29, 0.717) is 0 Å². The van der Waals surface area contributed by atoms with Gasteiger partial charge >= 0.3 is 0 Å². The Bertz CT molecular complexity index is 538. The molecule has 0 atom stereocenters. The van der Waals surface area contributed by atoms with Crippen LogP contribution < -0.4 is 5.73 Å². The predicted octanol–water partition coefficient (Wildman–Crippen LogP) is 0.943.